The molecule has 0 amide bonds. The van der Waals surface area contributed by atoms with Gasteiger partial charge in [-0.25, -0.2) is 0 Å². The molecule has 4 nitrogen and oxygen atoms in total. The Kier molecular flexibility index (Phi) is 14.6. The Hall–Kier alpha value is -0.450. The van der Waals surface area contributed by atoms with Gasteiger partial charge in [0.2, 0.25) is 0 Å². The number of Topliss-reactive ketones (excluding diaryl/α,β-unsaturated/α-hetero) is 1. The van der Waals surface area contributed by atoms with Crippen LogP contribution in [0.2, 0.25) is 0 Å². The quantitative estimate of drug-likeness (QED) is 0.358. The molecule has 1 unspecified atom stereocenters. The number of ketones is 1. The highest BCUT2D eigenvalue weighted by Crippen LogP contribution is 2.11. The van der Waals surface area contributed by atoms with Gasteiger partial charge in [-0.3, -0.25) is 4.79 Å². The Labute approximate surface area is 124 Å². The van der Waals surface area contributed by atoms with E-state index in [0.717, 1.165) is 12.8 Å². The molecule has 120 valence electrons. The lowest BCUT2D eigenvalue weighted by Gasteiger charge is -2.11. The van der Waals surface area contributed by atoms with Crippen molar-refractivity contribution in [2.75, 3.05) is 13.2 Å². The number of carbonyl (C=O) groups is 1. The first-order chi connectivity index (χ1) is 9.70. The molecule has 0 saturated carbocycles. The van der Waals surface area contributed by atoms with Gasteiger partial charge in [0.15, 0.2) is 0 Å². The highest BCUT2D eigenvalue weighted by atomic mass is 16.5. The predicted molar refractivity (Wildman–Crippen MR) is 82.5 cm³/mol. The first-order valence-electron chi connectivity index (χ1n) is 8.20. The number of carbonyl (C=O) groups excluding carboxylic acids is 1. The minimum Gasteiger partial charge on any atom is -0.394 e. The number of rotatable bonds is 15. The number of ether oxygens (including phenoxy) is 1. The lowest BCUT2D eigenvalue weighted by atomic mass is 10.0. The van der Waals surface area contributed by atoms with Crippen LogP contribution in [0.4, 0.5) is 0 Å². The molecule has 0 radical (unpaired) electrons. The summed E-state index contributed by atoms with van der Waals surface area (Å²) in [7, 11) is 0. The van der Waals surface area contributed by atoms with E-state index >= 15 is 0 Å². The maximum absolute atomic E-state index is 11.6. The Morgan fingerprint density at radius 1 is 1.05 bits per heavy atom. The molecule has 0 aliphatic carbocycles. The van der Waals surface area contributed by atoms with Gasteiger partial charge in [-0.15, -0.1) is 0 Å². The SMILES string of the molecule is CCCCCCCCCCCC(=O)CC(N)OCCO. The zero-order chi connectivity index (χ0) is 15.1. The van der Waals surface area contributed by atoms with Crippen molar-refractivity contribution in [3.63, 3.8) is 0 Å². The molecule has 4 heteroatoms. The summed E-state index contributed by atoms with van der Waals surface area (Å²) in [4.78, 5) is 11.6. The van der Waals surface area contributed by atoms with E-state index in [1.807, 2.05) is 0 Å². The second-order valence-corrected chi connectivity index (χ2v) is 5.45. The first kappa shape index (κ1) is 19.6. The molecular weight excluding hydrogens is 254 g/mol. The molecule has 0 aromatic rings. The van der Waals surface area contributed by atoms with Gasteiger partial charge in [0.1, 0.15) is 12.0 Å². The zero-order valence-corrected chi connectivity index (χ0v) is 13.1. The maximum atomic E-state index is 11.6. The molecule has 3 N–H and O–H groups in total. The van der Waals surface area contributed by atoms with E-state index < -0.39 is 6.23 Å². The first-order valence-corrected chi connectivity index (χ1v) is 8.20. The molecule has 0 rings (SSSR count). The fourth-order valence-corrected chi connectivity index (χ4v) is 2.22. The normalized spacial score (nSPS) is 12.6. The van der Waals surface area contributed by atoms with E-state index in [1.165, 1.54) is 44.9 Å². The van der Waals surface area contributed by atoms with Crippen LogP contribution in [0, 0.1) is 0 Å². The van der Waals surface area contributed by atoms with Crippen LogP contribution < -0.4 is 5.73 Å². The van der Waals surface area contributed by atoms with Crippen LogP contribution >= 0.6 is 0 Å². The van der Waals surface area contributed by atoms with Crippen LogP contribution in [0.5, 0.6) is 0 Å². The third-order valence-electron chi connectivity index (χ3n) is 3.41. The number of unbranched alkanes of at least 4 members (excludes halogenated alkanes) is 8. The van der Waals surface area contributed by atoms with E-state index in [2.05, 4.69) is 6.92 Å². The highest BCUT2D eigenvalue weighted by molar-refractivity contribution is 5.78. The maximum Gasteiger partial charge on any atom is 0.136 e. The van der Waals surface area contributed by atoms with Crippen LogP contribution in [0.25, 0.3) is 0 Å². The average molecular weight is 287 g/mol. The van der Waals surface area contributed by atoms with Crippen LogP contribution in [-0.4, -0.2) is 30.3 Å². The van der Waals surface area contributed by atoms with Crippen molar-refractivity contribution < 1.29 is 14.6 Å². The van der Waals surface area contributed by atoms with Gasteiger partial charge >= 0.3 is 0 Å². The van der Waals surface area contributed by atoms with Crippen LogP contribution in [0.15, 0.2) is 0 Å². The minimum atomic E-state index is -0.562. The monoisotopic (exact) mass is 287 g/mol. The number of aliphatic hydroxyl groups is 1. The smallest absolute Gasteiger partial charge is 0.136 e. The molecule has 0 aliphatic rings. The van der Waals surface area contributed by atoms with E-state index in [4.69, 9.17) is 15.6 Å². The number of hydrogen-bond donors (Lipinski definition) is 2. The molecule has 0 aromatic heterocycles. The summed E-state index contributed by atoms with van der Waals surface area (Å²) in [6.07, 6.45) is 11.6. The fourth-order valence-electron chi connectivity index (χ4n) is 2.22. The molecule has 0 aliphatic heterocycles. The zero-order valence-electron chi connectivity index (χ0n) is 13.1. The molecule has 0 aromatic carbocycles. The van der Waals surface area contributed by atoms with Crippen molar-refractivity contribution in [1.29, 1.82) is 0 Å². The Bertz CT molecular complexity index is 222. The van der Waals surface area contributed by atoms with E-state index in [-0.39, 0.29) is 25.4 Å². The number of nitrogens with two attached hydrogens (primary N) is 1. The molecule has 0 fully saturated rings. The van der Waals surface area contributed by atoms with Gasteiger partial charge in [0.25, 0.3) is 0 Å². The van der Waals surface area contributed by atoms with Gasteiger partial charge in [0, 0.05) is 12.8 Å². The van der Waals surface area contributed by atoms with Crippen LogP contribution in [0.3, 0.4) is 0 Å². The summed E-state index contributed by atoms with van der Waals surface area (Å²) < 4.78 is 5.06. The summed E-state index contributed by atoms with van der Waals surface area (Å²) in [6, 6.07) is 0. The van der Waals surface area contributed by atoms with Crippen LogP contribution in [0.1, 0.15) is 77.6 Å². The number of aliphatic hydroxyl groups excluding tert-OH is 1. The molecule has 20 heavy (non-hydrogen) atoms. The Morgan fingerprint density at radius 2 is 1.60 bits per heavy atom. The predicted octanol–water partition coefficient (Wildman–Crippen LogP) is 3.16. The summed E-state index contributed by atoms with van der Waals surface area (Å²) >= 11 is 0. The summed E-state index contributed by atoms with van der Waals surface area (Å²) in [5.74, 6) is 0.165. The lowest BCUT2D eigenvalue weighted by Crippen LogP contribution is -2.28. The second-order valence-electron chi connectivity index (χ2n) is 5.45. The average Bonchev–Trinajstić information content (AvgIpc) is 2.43. The lowest BCUT2D eigenvalue weighted by molar-refractivity contribution is -0.122. The second kappa shape index (κ2) is 14.9. The largest absolute Gasteiger partial charge is 0.394 e. The molecular formula is C16H33NO3. The van der Waals surface area contributed by atoms with Gasteiger partial charge in [0.05, 0.1) is 13.2 Å². The summed E-state index contributed by atoms with van der Waals surface area (Å²) in [6.45, 7) is 2.38. The molecule has 0 spiro atoms. The topological polar surface area (TPSA) is 72.6 Å². The van der Waals surface area contributed by atoms with Gasteiger partial charge < -0.3 is 15.6 Å². The third kappa shape index (κ3) is 14.0. The molecule has 0 saturated heterocycles. The van der Waals surface area contributed by atoms with E-state index in [1.54, 1.807) is 0 Å². The van der Waals surface area contributed by atoms with Gasteiger partial charge in [-0.1, -0.05) is 58.3 Å². The Balaban J connectivity index is 3.26. The Morgan fingerprint density at radius 3 is 2.15 bits per heavy atom. The summed E-state index contributed by atoms with van der Waals surface area (Å²) in [5, 5.41) is 8.58. The standard InChI is InChI=1S/C16H33NO3/c1-2-3-4-5-6-7-8-9-10-11-15(19)14-16(17)20-13-12-18/h16,18H,2-14,17H2,1H3. The minimum absolute atomic E-state index is 0.0554. The summed E-state index contributed by atoms with van der Waals surface area (Å²) in [5.41, 5.74) is 5.62. The number of hydrogen-bond acceptors (Lipinski definition) is 4. The van der Waals surface area contributed by atoms with E-state index in [9.17, 15) is 4.79 Å². The van der Waals surface area contributed by atoms with Crippen molar-refractivity contribution in [3.05, 3.63) is 0 Å². The van der Waals surface area contributed by atoms with Crippen molar-refractivity contribution in [1.82, 2.24) is 0 Å². The van der Waals surface area contributed by atoms with Crippen molar-refractivity contribution in [2.24, 2.45) is 5.73 Å². The third-order valence-corrected chi connectivity index (χ3v) is 3.41. The van der Waals surface area contributed by atoms with Crippen LogP contribution in [-0.2, 0) is 9.53 Å². The highest BCUT2D eigenvalue weighted by Gasteiger charge is 2.09. The van der Waals surface area contributed by atoms with Gasteiger partial charge in [-0.2, -0.15) is 0 Å². The molecule has 0 bridgehead atoms. The molecule has 1 atom stereocenters. The fraction of sp³-hybridized carbons (Fsp3) is 0.938. The van der Waals surface area contributed by atoms with Gasteiger partial charge in [-0.05, 0) is 6.42 Å². The van der Waals surface area contributed by atoms with Crippen molar-refractivity contribution >= 4 is 5.78 Å². The van der Waals surface area contributed by atoms with Crippen molar-refractivity contribution in [2.45, 2.75) is 83.8 Å². The van der Waals surface area contributed by atoms with Crippen molar-refractivity contribution in [3.8, 4) is 0 Å². The molecule has 0 heterocycles. The van der Waals surface area contributed by atoms with E-state index in [0.29, 0.717) is 6.42 Å².